The van der Waals surface area contributed by atoms with Crippen LogP contribution in [0.15, 0.2) is 23.1 Å². The minimum atomic E-state index is -3.64. The van der Waals surface area contributed by atoms with Gasteiger partial charge in [0.1, 0.15) is 4.90 Å². The third kappa shape index (κ3) is 3.93. The highest BCUT2D eigenvalue weighted by Crippen LogP contribution is 2.28. The van der Waals surface area contributed by atoms with Crippen molar-refractivity contribution in [1.82, 2.24) is 0 Å². The van der Waals surface area contributed by atoms with E-state index in [1.165, 1.54) is 12.1 Å². The summed E-state index contributed by atoms with van der Waals surface area (Å²) < 4.78 is 23.4. The van der Waals surface area contributed by atoms with Crippen LogP contribution in [-0.2, 0) is 9.84 Å². The third-order valence-corrected chi connectivity index (χ3v) is 4.39. The van der Waals surface area contributed by atoms with Gasteiger partial charge in [0.25, 0.3) is 5.69 Å². The van der Waals surface area contributed by atoms with Gasteiger partial charge in [-0.1, -0.05) is 20.3 Å². The molecule has 0 saturated heterocycles. The smallest absolute Gasteiger partial charge is 0.288 e. The van der Waals surface area contributed by atoms with Gasteiger partial charge in [-0.15, -0.1) is 0 Å². The van der Waals surface area contributed by atoms with Gasteiger partial charge < -0.3 is 4.90 Å². The summed E-state index contributed by atoms with van der Waals surface area (Å²) >= 11 is 0. The molecule has 0 aliphatic carbocycles. The molecule has 0 radical (unpaired) electrons. The molecule has 0 saturated carbocycles. The summed E-state index contributed by atoms with van der Waals surface area (Å²) in [7, 11) is -1.79. The van der Waals surface area contributed by atoms with Gasteiger partial charge in [0.05, 0.1) is 4.92 Å². The summed E-state index contributed by atoms with van der Waals surface area (Å²) in [5, 5.41) is 10.9. The van der Waals surface area contributed by atoms with Gasteiger partial charge in [0, 0.05) is 31.6 Å². The molecule has 20 heavy (non-hydrogen) atoms. The van der Waals surface area contributed by atoms with Crippen LogP contribution in [0.5, 0.6) is 0 Å². The molecule has 0 N–H and O–H groups in total. The van der Waals surface area contributed by atoms with E-state index in [1.54, 1.807) is 6.07 Å². The van der Waals surface area contributed by atoms with Crippen LogP contribution in [0.2, 0.25) is 0 Å². The van der Waals surface area contributed by atoms with Crippen molar-refractivity contribution in [2.24, 2.45) is 5.92 Å². The molecule has 0 bridgehead atoms. The SMILES string of the molecule is CCC(C)CN(C)c1ccc([N+](=O)[O-])c(S(C)(=O)=O)c1. The fourth-order valence-electron chi connectivity index (χ4n) is 1.89. The molecule has 1 aromatic rings. The first-order valence-corrected chi connectivity index (χ1v) is 8.25. The molecule has 0 aliphatic heterocycles. The quantitative estimate of drug-likeness (QED) is 0.595. The van der Waals surface area contributed by atoms with Crippen molar-refractivity contribution in [2.45, 2.75) is 25.2 Å². The average Bonchev–Trinajstić information content (AvgIpc) is 2.36. The number of hydrogen-bond acceptors (Lipinski definition) is 5. The summed E-state index contributed by atoms with van der Waals surface area (Å²) in [5.74, 6) is 0.455. The topological polar surface area (TPSA) is 80.5 Å². The first-order chi connectivity index (χ1) is 9.16. The highest BCUT2D eigenvalue weighted by atomic mass is 32.2. The summed E-state index contributed by atoms with van der Waals surface area (Å²) in [4.78, 5) is 11.9. The zero-order chi connectivity index (χ0) is 15.5. The molecule has 0 fully saturated rings. The summed E-state index contributed by atoms with van der Waals surface area (Å²) in [6, 6.07) is 4.20. The Morgan fingerprint density at radius 1 is 1.40 bits per heavy atom. The Hall–Kier alpha value is -1.63. The molecule has 0 heterocycles. The van der Waals surface area contributed by atoms with E-state index >= 15 is 0 Å². The number of nitro benzene ring substituents is 1. The summed E-state index contributed by atoms with van der Waals surface area (Å²) in [6.07, 6.45) is 1.99. The van der Waals surface area contributed by atoms with Gasteiger partial charge in [-0.2, -0.15) is 0 Å². The Kier molecular flexibility index (Phi) is 5.10. The summed E-state index contributed by atoms with van der Waals surface area (Å²) in [6.45, 7) is 4.94. The first kappa shape index (κ1) is 16.4. The highest BCUT2D eigenvalue weighted by Gasteiger charge is 2.23. The lowest BCUT2D eigenvalue weighted by Gasteiger charge is -2.23. The Labute approximate surface area is 119 Å². The third-order valence-electron chi connectivity index (χ3n) is 3.26. The number of sulfone groups is 1. The van der Waals surface area contributed by atoms with Gasteiger partial charge in [-0.25, -0.2) is 8.42 Å². The van der Waals surface area contributed by atoms with E-state index in [0.717, 1.165) is 19.2 Å². The second kappa shape index (κ2) is 6.21. The maximum absolute atomic E-state index is 11.7. The number of nitrogens with zero attached hydrogens (tertiary/aromatic N) is 2. The lowest BCUT2D eigenvalue weighted by molar-refractivity contribution is -0.387. The molecule has 0 spiro atoms. The fourth-order valence-corrected chi connectivity index (χ4v) is 2.75. The van der Waals surface area contributed by atoms with Gasteiger partial charge in [0.2, 0.25) is 0 Å². The number of nitro groups is 1. The molecule has 0 aliphatic rings. The van der Waals surface area contributed by atoms with E-state index in [0.29, 0.717) is 11.6 Å². The van der Waals surface area contributed by atoms with Crippen molar-refractivity contribution >= 4 is 21.2 Å². The monoisotopic (exact) mass is 300 g/mol. The predicted molar refractivity (Wildman–Crippen MR) is 78.9 cm³/mol. The van der Waals surface area contributed by atoms with Gasteiger partial charge >= 0.3 is 0 Å². The lowest BCUT2D eigenvalue weighted by atomic mass is 10.1. The zero-order valence-corrected chi connectivity index (χ0v) is 13.0. The van der Waals surface area contributed by atoms with E-state index in [1.807, 2.05) is 11.9 Å². The highest BCUT2D eigenvalue weighted by molar-refractivity contribution is 7.90. The fraction of sp³-hybridized carbons (Fsp3) is 0.538. The molecule has 0 amide bonds. The van der Waals surface area contributed by atoms with E-state index in [-0.39, 0.29) is 10.6 Å². The molecule has 7 heteroatoms. The van der Waals surface area contributed by atoms with Crippen molar-refractivity contribution < 1.29 is 13.3 Å². The number of rotatable bonds is 6. The van der Waals surface area contributed by atoms with Crippen molar-refractivity contribution in [3.05, 3.63) is 28.3 Å². The Morgan fingerprint density at radius 3 is 2.45 bits per heavy atom. The van der Waals surface area contributed by atoms with E-state index in [4.69, 9.17) is 0 Å². The molecular formula is C13H20N2O4S. The molecule has 112 valence electrons. The molecule has 1 rings (SSSR count). The maximum Gasteiger partial charge on any atom is 0.288 e. The van der Waals surface area contributed by atoms with Crippen LogP contribution >= 0.6 is 0 Å². The molecule has 1 unspecified atom stereocenters. The lowest BCUT2D eigenvalue weighted by Crippen LogP contribution is -2.23. The van der Waals surface area contributed by atoms with Gasteiger partial charge in [-0.3, -0.25) is 10.1 Å². The van der Waals surface area contributed by atoms with Crippen molar-refractivity contribution in [1.29, 1.82) is 0 Å². The zero-order valence-electron chi connectivity index (χ0n) is 12.2. The minimum Gasteiger partial charge on any atom is -0.374 e. The van der Waals surface area contributed by atoms with E-state index in [2.05, 4.69) is 13.8 Å². The van der Waals surface area contributed by atoms with Crippen LogP contribution < -0.4 is 4.90 Å². The average molecular weight is 300 g/mol. The molecule has 6 nitrogen and oxygen atoms in total. The number of benzene rings is 1. The number of anilines is 1. The Balaban J connectivity index is 3.23. The second-order valence-corrected chi connectivity index (χ2v) is 7.06. The van der Waals surface area contributed by atoms with Gasteiger partial charge in [0.15, 0.2) is 9.84 Å². The normalized spacial score (nSPS) is 13.0. The molecule has 1 atom stereocenters. The van der Waals surface area contributed by atoms with E-state index < -0.39 is 14.8 Å². The standard InChI is InChI=1S/C13H20N2O4S/c1-5-10(2)9-14(3)11-6-7-12(15(16)17)13(8-11)20(4,18)19/h6-8,10H,5,9H2,1-4H3. The molecular weight excluding hydrogens is 280 g/mol. The van der Waals surface area contributed by atoms with Crippen molar-refractivity contribution in [3.63, 3.8) is 0 Å². The molecule has 1 aromatic carbocycles. The van der Waals surface area contributed by atoms with Crippen LogP contribution in [0.3, 0.4) is 0 Å². The van der Waals surface area contributed by atoms with Crippen molar-refractivity contribution in [3.8, 4) is 0 Å². The van der Waals surface area contributed by atoms with Crippen LogP contribution in [0.25, 0.3) is 0 Å². The van der Waals surface area contributed by atoms with Crippen LogP contribution in [0, 0.1) is 16.0 Å². The Morgan fingerprint density at radius 2 is 2.00 bits per heavy atom. The number of hydrogen-bond donors (Lipinski definition) is 0. The van der Waals surface area contributed by atoms with Crippen LogP contribution in [0.4, 0.5) is 11.4 Å². The first-order valence-electron chi connectivity index (χ1n) is 6.36. The molecule has 0 aromatic heterocycles. The van der Waals surface area contributed by atoms with Crippen LogP contribution in [0.1, 0.15) is 20.3 Å². The minimum absolute atomic E-state index is 0.240. The predicted octanol–water partition coefficient (Wildman–Crippen LogP) is 2.48. The van der Waals surface area contributed by atoms with Crippen molar-refractivity contribution in [2.75, 3.05) is 24.7 Å². The maximum atomic E-state index is 11.7. The van der Waals surface area contributed by atoms with Crippen LogP contribution in [-0.4, -0.2) is 33.2 Å². The largest absolute Gasteiger partial charge is 0.374 e. The second-order valence-electron chi connectivity index (χ2n) is 5.08. The summed E-state index contributed by atoms with van der Waals surface area (Å²) in [5.41, 5.74) is 0.282. The van der Waals surface area contributed by atoms with E-state index in [9.17, 15) is 18.5 Å². The van der Waals surface area contributed by atoms with Gasteiger partial charge in [-0.05, 0) is 18.1 Å². The Bertz CT molecular complexity index is 598.